The molecule has 1 saturated heterocycles. The average molecular weight is 570 g/mol. The van der Waals surface area contributed by atoms with Crippen molar-refractivity contribution in [3.05, 3.63) is 60.4 Å². The number of aromatic nitrogens is 6. The zero-order valence-electron chi connectivity index (χ0n) is 22.6. The van der Waals surface area contributed by atoms with Gasteiger partial charge < -0.3 is 20.1 Å². The van der Waals surface area contributed by atoms with Gasteiger partial charge in [-0.1, -0.05) is 0 Å². The van der Waals surface area contributed by atoms with Crippen LogP contribution in [0.1, 0.15) is 43.9 Å². The summed E-state index contributed by atoms with van der Waals surface area (Å²) in [5.74, 6) is -0.0125. The Hall–Kier alpha value is -3.55. The smallest absolute Gasteiger partial charge is 0.433 e. The van der Waals surface area contributed by atoms with E-state index in [1.165, 1.54) is 6.04 Å². The molecule has 6 rings (SSSR count). The van der Waals surface area contributed by atoms with E-state index < -0.39 is 18.0 Å². The van der Waals surface area contributed by atoms with Crippen LogP contribution in [0.15, 0.2) is 43.1 Å². The van der Waals surface area contributed by atoms with E-state index in [0.717, 1.165) is 54.3 Å². The summed E-state index contributed by atoms with van der Waals surface area (Å²) in [4.78, 5) is 18.0. The van der Waals surface area contributed by atoms with Crippen LogP contribution in [0.2, 0.25) is 0 Å². The van der Waals surface area contributed by atoms with Gasteiger partial charge in [-0.3, -0.25) is 9.58 Å². The van der Waals surface area contributed by atoms with Gasteiger partial charge in [-0.15, -0.1) is 0 Å². The molecule has 1 aliphatic heterocycles. The van der Waals surface area contributed by atoms with E-state index in [-0.39, 0.29) is 25.1 Å². The molecule has 0 aromatic carbocycles. The summed E-state index contributed by atoms with van der Waals surface area (Å²) in [6, 6.07) is 6.17. The summed E-state index contributed by atoms with van der Waals surface area (Å²) in [5.41, 5.74) is 2.02. The van der Waals surface area contributed by atoms with Crippen molar-refractivity contribution < 1.29 is 23.0 Å². The van der Waals surface area contributed by atoms with Crippen LogP contribution in [-0.2, 0) is 12.7 Å². The number of hydrogen-bond donors (Lipinski definition) is 3. The van der Waals surface area contributed by atoms with Gasteiger partial charge in [0.05, 0.1) is 24.0 Å². The molecule has 1 aliphatic carbocycles. The minimum Gasteiger partial charge on any atom is -0.474 e. The molecule has 3 N–H and O–H groups in total. The average Bonchev–Trinajstić information content (AvgIpc) is 3.58. The highest BCUT2D eigenvalue weighted by atomic mass is 19.4. The Balaban J connectivity index is 1.02. The SMILES string of the molecule is C[C@H](O)CNCc1cc(OC2CCN(C3C[C](n4cc(-c5ncnc6[nH]ccc56)cn4)C3)CC2)nc(C(F)(F)F)c1. The third-order valence-corrected chi connectivity index (χ3v) is 7.68. The number of ether oxygens (including phenoxy) is 1. The number of pyridine rings is 1. The minimum absolute atomic E-state index is 0.0125. The van der Waals surface area contributed by atoms with Gasteiger partial charge in [-0.25, -0.2) is 15.0 Å². The summed E-state index contributed by atoms with van der Waals surface area (Å²) in [6.45, 7) is 3.68. The fourth-order valence-electron chi connectivity index (χ4n) is 5.47. The lowest BCUT2D eigenvalue weighted by atomic mass is 9.84. The molecule has 0 bridgehead atoms. The molecule has 0 spiro atoms. The summed E-state index contributed by atoms with van der Waals surface area (Å²) in [5, 5.41) is 17.9. The number of nitrogens with zero attached hydrogens (tertiary/aromatic N) is 6. The Bertz CT molecular complexity index is 1470. The third kappa shape index (κ3) is 6.21. The third-order valence-electron chi connectivity index (χ3n) is 7.68. The second kappa shape index (κ2) is 11.4. The predicted octanol–water partition coefficient (Wildman–Crippen LogP) is 3.79. The molecule has 2 aliphatic rings. The van der Waals surface area contributed by atoms with E-state index in [1.807, 2.05) is 29.3 Å². The molecule has 0 amide bonds. The van der Waals surface area contributed by atoms with Gasteiger partial charge in [0.25, 0.3) is 0 Å². The molecule has 10 nitrogen and oxygen atoms in total. The van der Waals surface area contributed by atoms with Crippen LogP contribution in [-0.4, -0.2) is 77.6 Å². The lowest BCUT2D eigenvalue weighted by molar-refractivity contribution is -0.141. The molecule has 4 aromatic heterocycles. The molecule has 217 valence electrons. The van der Waals surface area contributed by atoms with Crippen LogP contribution in [0.5, 0.6) is 5.88 Å². The Labute approximate surface area is 235 Å². The van der Waals surface area contributed by atoms with Gasteiger partial charge in [0, 0.05) is 61.6 Å². The number of nitrogens with one attached hydrogen (secondary N) is 2. The highest BCUT2D eigenvalue weighted by Gasteiger charge is 2.38. The van der Waals surface area contributed by atoms with Crippen LogP contribution in [0.25, 0.3) is 22.3 Å². The number of piperidine rings is 1. The standard InChI is InChI=1S/C28H32F3N8O2/c1-17(40)12-32-13-18-8-24(28(29,30)31)37-25(9-18)41-22-3-6-38(7-4-22)20-10-21(11-20)39-15-19(14-36-39)26-23-2-5-33-27(23)35-16-34-26/h2,5,8-9,14-17,20,22,32,40H,3-4,6-7,10-13H2,1H3,(H,33,34,35)/t17-/m0/s1. The van der Waals surface area contributed by atoms with Crippen LogP contribution >= 0.6 is 0 Å². The maximum Gasteiger partial charge on any atom is 0.433 e. The predicted molar refractivity (Wildman–Crippen MR) is 145 cm³/mol. The summed E-state index contributed by atoms with van der Waals surface area (Å²) >= 11 is 0. The van der Waals surface area contributed by atoms with Gasteiger partial charge in [-0.2, -0.15) is 18.3 Å². The first-order valence-electron chi connectivity index (χ1n) is 13.8. The van der Waals surface area contributed by atoms with Crippen LogP contribution in [0.4, 0.5) is 13.2 Å². The zero-order valence-corrected chi connectivity index (χ0v) is 22.6. The van der Waals surface area contributed by atoms with Crippen LogP contribution in [0, 0.1) is 6.04 Å². The molecule has 0 unspecified atom stereocenters. The lowest BCUT2D eigenvalue weighted by Gasteiger charge is -2.45. The Morgan fingerprint density at radius 1 is 1.20 bits per heavy atom. The molecule has 4 aromatic rings. The first kappa shape index (κ1) is 27.6. The summed E-state index contributed by atoms with van der Waals surface area (Å²) in [6.07, 6.45) is 5.11. The van der Waals surface area contributed by atoms with E-state index in [9.17, 15) is 18.3 Å². The molecular formula is C28H32F3N8O2. The number of fused-ring (bicyclic) bond motifs is 1. The summed E-state index contributed by atoms with van der Waals surface area (Å²) in [7, 11) is 0. The van der Waals surface area contributed by atoms with Crippen molar-refractivity contribution in [1.29, 1.82) is 0 Å². The lowest BCUT2D eigenvalue weighted by Crippen LogP contribution is -2.50. The fourth-order valence-corrected chi connectivity index (χ4v) is 5.47. The number of aromatic amines is 1. The molecule has 1 atom stereocenters. The minimum atomic E-state index is -4.57. The molecule has 41 heavy (non-hydrogen) atoms. The van der Waals surface area contributed by atoms with Gasteiger partial charge >= 0.3 is 6.18 Å². The Morgan fingerprint density at radius 3 is 2.76 bits per heavy atom. The number of hydrogen-bond acceptors (Lipinski definition) is 8. The highest BCUT2D eigenvalue weighted by molar-refractivity contribution is 5.90. The van der Waals surface area contributed by atoms with Crippen molar-refractivity contribution in [2.45, 2.75) is 63.6 Å². The van der Waals surface area contributed by atoms with E-state index in [0.29, 0.717) is 24.4 Å². The van der Waals surface area contributed by atoms with Gasteiger partial charge in [0.1, 0.15) is 23.8 Å². The maximum atomic E-state index is 13.5. The van der Waals surface area contributed by atoms with Gasteiger partial charge in [0.2, 0.25) is 5.88 Å². The second-order valence-electron chi connectivity index (χ2n) is 10.8. The topological polar surface area (TPSA) is 117 Å². The molecule has 13 heteroatoms. The summed E-state index contributed by atoms with van der Waals surface area (Å²) < 4.78 is 48.3. The monoisotopic (exact) mass is 569 g/mol. The van der Waals surface area contributed by atoms with Crippen molar-refractivity contribution in [2.75, 3.05) is 19.6 Å². The van der Waals surface area contributed by atoms with Crippen LogP contribution < -0.4 is 10.1 Å². The van der Waals surface area contributed by atoms with Crippen LogP contribution in [0.3, 0.4) is 0 Å². The van der Waals surface area contributed by atoms with Gasteiger partial charge in [0.15, 0.2) is 0 Å². The van der Waals surface area contributed by atoms with Gasteiger partial charge in [-0.05, 0) is 50.3 Å². The number of rotatable bonds is 9. The number of alkyl halides is 3. The van der Waals surface area contributed by atoms with E-state index >= 15 is 0 Å². The largest absolute Gasteiger partial charge is 0.474 e. The molecule has 1 radical (unpaired) electrons. The van der Waals surface area contributed by atoms with E-state index in [4.69, 9.17) is 4.74 Å². The van der Waals surface area contributed by atoms with Crippen molar-refractivity contribution in [2.24, 2.45) is 0 Å². The number of H-pyrrole nitrogens is 1. The van der Waals surface area contributed by atoms with Crippen molar-refractivity contribution in [3.8, 4) is 17.1 Å². The molecular weight excluding hydrogens is 537 g/mol. The number of halogens is 3. The maximum absolute atomic E-state index is 13.5. The number of likely N-dealkylation sites (tertiary alicyclic amines) is 1. The normalized spacial score (nSPS) is 18.6. The highest BCUT2D eigenvalue weighted by Crippen LogP contribution is 2.37. The second-order valence-corrected chi connectivity index (χ2v) is 10.8. The first-order valence-corrected chi connectivity index (χ1v) is 13.8. The molecule has 1 saturated carbocycles. The Kier molecular flexibility index (Phi) is 7.66. The Morgan fingerprint density at radius 2 is 2.00 bits per heavy atom. The molecule has 5 heterocycles. The number of aliphatic hydroxyl groups excluding tert-OH is 1. The zero-order chi connectivity index (χ0) is 28.6. The van der Waals surface area contributed by atoms with Crippen molar-refractivity contribution in [1.82, 2.24) is 39.9 Å². The fraction of sp³-hybridized carbons (Fsp3) is 0.464. The first-order chi connectivity index (χ1) is 19.7. The van der Waals surface area contributed by atoms with Crippen molar-refractivity contribution >= 4 is 11.0 Å². The van der Waals surface area contributed by atoms with Crippen molar-refractivity contribution in [3.63, 3.8) is 0 Å². The molecule has 2 fully saturated rings. The quantitative estimate of drug-likeness (QED) is 0.279. The number of aliphatic hydroxyl groups is 1. The van der Waals surface area contributed by atoms with E-state index in [1.54, 1.807) is 19.3 Å². The van der Waals surface area contributed by atoms with E-state index in [2.05, 4.69) is 35.3 Å².